The van der Waals surface area contributed by atoms with Crippen LogP contribution in [0.4, 0.5) is 0 Å². The summed E-state index contributed by atoms with van der Waals surface area (Å²) >= 11 is 0. The molecule has 4 nitrogen and oxygen atoms in total. The summed E-state index contributed by atoms with van der Waals surface area (Å²) in [6.07, 6.45) is 0. The summed E-state index contributed by atoms with van der Waals surface area (Å²) in [5.41, 5.74) is 2.67. The van der Waals surface area contributed by atoms with Crippen LogP contribution in [-0.4, -0.2) is 17.2 Å². The summed E-state index contributed by atoms with van der Waals surface area (Å²) in [4.78, 5) is 4.27. The van der Waals surface area contributed by atoms with E-state index < -0.39 is 0 Å². The lowest BCUT2D eigenvalue weighted by Crippen LogP contribution is -1.99. The molecular formula is C15H17NO3. The third-order valence-corrected chi connectivity index (χ3v) is 2.72. The number of aliphatic hydroxyl groups excluding tert-OH is 1. The van der Waals surface area contributed by atoms with Crippen LogP contribution in [0.3, 0.4) is 0 Å². The lowest BCUT2D eigenvalue weighted by atomic mass is 10.2. The number of aromatic nitrogens is 1. The van der Waals surface area contributed by atoms with Crippen molar-refractivity contribution in [1.82, 2.24) is 4.98 Å². The number of benzene rings is 1. The van der Waals surface area contributed by atoms with Crippen molar-refractivity contribution < 1.29 is 14.6 Å². The molecule has 4 heteroatoms. The Kier molecular flexibility index (Phi) is 4.36. The van der Waals surface area contributed by atoms with Crippen molar-refractivity contribution in [3.8, 4) is 11.6 Å². The number of rotatable bonds is 5. The van der Waals surface area contributed by atoms with Gasteiger partial charge in [0.2, 0.25) is 5.88 Å². The van der Waals surface area contributed by atoms with Gasteiger partial charge in [0.25, 0.3) is 0 Å². The van der Waals surface area contributed by atoms with Crippen molar-refractivity contribution in [2.75, 3.05) is 7.11 Å². The molecule has 1 aromatic carbocycles. The molecule has 1 aromatic heterocycles. The smallest absolute Gasteiger partial charge is 0.214 e. The molecule has 0 amide bonds. The molecule has 0 aliphatic carbocycles. The van der Waals surface area contributed by atoms with Gasteiger partial charge < -0.3 is 14.6 Å². The van der Waals surface area contributed by atoms with Crippen molar-refractivity contribution in [3.05, 3.63) is 53.2 Å². The predicted molar refractivity (Wildman–Crippen MR) is 72.2 cm³/mol. The Morgan fingerprint density at radius 2 is 1.84 bits per heavy atom. The van der Waals surface area contributed by atoms with E-state index in [0.717, 1.165) is 22.6 Å². The summed E-state index contributed by atoms with van der Waals surface area (Å²) in [5.74, 6) is 1.35. The minimum Gasteiger partial charge on any atom is -0.497 e. The molecule has 2 rings (SSSR count). The van der Waals surface area contributed by atoms with Crippen LogP contribution >= 0.6 is 0 Å². The molecule has 1 N–H and O–H groups in total. The highest BCUT2D eigenvalue weighted by molar-refractivity contribution is 5.28. The molecule has 0 unspecified atom stereocenters. The van der Waals surface area contributed by atoms with Gasteiger partial charge in [-0.15, -0.1) is 0 Å². The van der Waals surface area contributed by atoms with Crippen LogP contribution in [0.15, 0.2) is 36.4 Å². The van der Waals surface area contributed by atoms with Crippen molar-refractivity contribution in [2.24, 2.45) is 0 Å². The van der Waals surface area contributed by atoms with E-state index in [-0.39, 0.29) is 6.61 Å². The molecular weight excluding hydrogens is 242 g/mol. The second-order valence-electron chi connectivity index (χ2n) is 4.25. The Hall–Kier alpha value is -2.07. The Morgan fingerprint density at radius 3 is 2.47 bits per heavy atom. The Morgan fingerprint density at radius 1 is 1.11 bits per heavy atom. The summed E-state index contributed by atoms with van der Waals surface area (Å²) in [5, 5.41) is 9.13. The molecule has 0 atom stereocenters. The minimum absolute atomic E-state index is 0.0117. The fraction of sp³-hybridized carbons (Fsp3) is 0.267. The average molecular weight is 259 g/mol. The Bertz CT molecular complexity index is 538. The zero-order valence-electron chi connectivity index (χ0n) is 11.1. The summed E-state index contributed by atoms with van der Waals surface area (Å²) in [7, 11) is 1.64. The maximum absolute atomic E-state index is 9.13. The van der Waals surface area contributed by atoms with E-state index in [1.807, 2.05) is 37.3 Å². The molecule has 0 spiro atoms. The Labute approximate surface area is 112 Å². The first-order valence-corrected chi connectivity index (χ1v) is 6.05. The maximum atomic E-state index is 9.13. The first-order chi connectivity index (χ1) is 9.21. The van der Waals surface area contributed by atoms with Crippen LogP contribution in [0, 0.1) is 6.92 Å². The summed E-state index contributed by atoms with van der Waals surface area (Å²) in [6.45, 7) is 2.30. The largest absolute Gasteiger partial charge is 0.497 e. The zero-order chi connectivity index (χ0) is 13.7. The van der Waals surface area contributed by atoms with E-state index >= 15 is 0 Å². The Balaban J connectivity index is 2.03. The molecule has 1 heterocycles. The number of aryl methyl sites for hydroxylation is 1. The third kappa shape index (κ3) is 3.69. The van der Waals surface area contributed by atoms with Gasteiger partial charge in [0, 0.05) is 11.8 Å². The predicted octanol–water partition coefficient (Wildman–Crippen LogP) is 2.47. The molecule has 2 aromatic rings. The molecule has 0 aliphatic rings. The normalized spacial score (nSPS) is 10.3. The van der Waals surface area contributed by atoms with Gasteiger partial charge >= 0.3 is 0 Å². The monoisotopic (exact) mass is 259 g/mol. The van der Waals surface area contributed by atoms with E-state index in [9.17, 15) is 0 Å². The highest BCUT2D eigenvalue weighted by atomic mass is 16.5. The van der Waals surface area contributed by atoms with Gasteiger partial charge in [-0.25, -0.2) is 4.98 Å². The van der Waals surface area contributed by atoms with Gasteiger partial charge in [0.15, 0.2) is 0 Å². The lowest BCUT2D eigenvalue weighted by molar-refractivity contribution is 0.274. The SMILES string of the molecule is COc1ccc(COc2cc(CO)cc(C)n2)cc1. The van der Waals surface area contributed by atoms with Crippen molar-refractivity contribution in [1.29, 1.82) is 0 Å². The number of hydrogen-bond acceptors (Lipinski definition) is 4. The van der Waals surface area contributed by atoms with Crippen molar-refractivity contribution in [2.45, 2.75) is 20.1 Å². The molecule has 0 aliphatic heterocycles. The standard InChI is InChI=1S/C15H17NO3/c1-11-7-13(9-17)8-15(16-11)19-10-12-3-5-14(18-2)6-4-12/h3-8,17H,9-10H2,1-2H3. The van der Waals surface area contributed by atoms with Crippen LogP contribution in [0.5, 0.6) is 11.6 Å². The quantitative estimate of drug-likeness (QED) is 0.896. The summed E-state index contributed by atoms with van der Waals surface area (Å²) in [6, 6.07) is 11.3. The number of hydrogen-bond donors (Lipinski definition) is 1. The van der Waals surface area contributed by atoms with E-state index in [1.54, 1.807) is 13.2 Å². The van der Waals surface area contributed by atoms with E-state index in [4.69, 9.17) is 14.6 Å². The molecule has 0 radical (unpaired) electrons. The third-order valence-electron chi connectivity index (χ3n) is 2.72. The van der Waals surface area contributed by atoms with Gasteiger partial charge in [-0.05, 0) is 36.2 Å². The second-order valence-corrected chi connectivity index (χ2v) is 4.25. The topological polar surface area (TPSA) is 51.6 Å². The van der Waals surface area contributed by atoms with Gasteiger partial charge in [-0.3, -0.25) is 0 Å². The molecule has 0 fully saturated rings. The van der Waals surface area contributed by atoms with E-state index in [2.05, 4.69) is 4.98 Å². The van der Waals surface area contributed by atoms with Crippen molar-refractivity contribution in [3.63, 3.8) is 0 Å². The van der Waals surface area contributed by atoms with Gasteiger partial charge in [0.05, 0.1) is 13.7 Å². The van der Waals surface area contributed by atoms with E-state index in [1.165, 1.54) is 0 Å². The molecule has 100 valence electrons. The highest BCUT2D eigenvalue weighted by Gasteiger charge is 2.02. The second kappa shape index (κ2) is 6.20. The number of pyridine rings is 1. The van der Waals surface area contributed by atoms with Crippen LogP contribution in [0.25, 0.3) is 0 Å². The first kappa shape index (κ1) is 13.4. The van der Waals surface area contributed by atoms with E-state index in [0.29, 0.717) is 12.5 Å². The first-order valence-electron chi connectivity index (χ1n) is 6.05. The number of nitrogens with zero attached hydrogens (tertiary/aromatic N) is 1. The summed E-state index contributed by atoms with van der Waals surface area (Å²) < 4.78 is 10.7. The number of aliphatic hydroxyl groups is 1. The lowest BCUT2D eigenvalue weighted by Gasteiger charge is -2.08. The molecule has 0 saturated carbocycles. The zero-order valence-corrected chi connectivity index (χ0v) is 11.1. The number of ether oxygens (including phenoxy) is 2. The molecule has 0 saturated heterocycles. The fourth-order valence-corrected chi connectivity index (χ4v) is 1.75. The van der Waals surface area contributed by atoms with Crippen LogP contribution in [0.1, 0.15) is 16.8 Å². The average Bonchev–Trinajstić information content (AvgIpc) is 2.45. The minimum atomic E-state index is -0.0117. The van der Waals surface area contributed by atoms with Gasteiger partial charge in [0.1, 0.15) is 12.4 Å². The van der Waals surface area contributed by atoms with Crippen LogP contribution in [0.2, 0.25) is 0 Å². The fourth-order valence-electron chi connectivity index (χ4n) is 1.75. The van der Waals surface area contributed by atoms with Crippen LogP contribution < -0.4 is 9.47 Å². The van der Waals surface area contributed by atoms with Crippen molar-refractivity contribution >= 4 is 0 Å². The molecule has 19 heavy (non-hydrogen) atoms. The number of methoxy groups -OCH3 is 1. The van der Waals surface area contributed by atoms with Crippen LogP contribution in [-0.2, 0) is 13.2 Å². The maximum Gasteiger partial charge on any atom is 0.214 e. The van der Waals surface area contributed by atoms with Gasteiger partial charge in [-0.2, -0.15) is 0 Å². The highest BCUT2D eigenvalue weighted by Crippen LogP contribution is 2.16. The van der Waals surface area contributed by atoms with Gasteiger partial charge in [-0.1, -0.05) is 12.1 Å². The molecule has 0 bridgehead atoms.